The number of aromatic nitrogens is 3. The fourth-order valence-electron chi connectivity index (χ4n) is 5.14. The van der Waals surface area contributed by atoms with Crippen LogP contribution in [-0.4, -0.2) is 45.1 Å². The molecule has 2 amide bonds. The highest BCUT2D eigenvalue weighted by molar-refractivity contribution is 6.04. The van der Waals surface area contributed by atoms with E-state index in [0.29, 0.717) is 34.8 Å². The number of benzene rings is 2. The number of fused-ring (bicyclic) bond motifs is 1. The van der Waals surface area contributed by atoms with Crippen LogP contribution >= 0.6 is 0 Å². The number of nitrogens with zero attached hydrogens (tertiary/aromatic N) is 3. The molecule has 11 heteroatoms. The average molecular weight is 552 g/mol. The third kappa shape index (κ3) is 5.31. The van der Waals surface area contributed by atoms with Crippen molar-refractivity contribution in [3.05, 3.63) is 101 Å². The summed E-state index contributed by atoms with van der Waals surface area (Å²) in [6.45, 7) is 4.56. The van der Waals surface area contributed by atoms with Crippen LogP contribution in [0.1, 0.15) is 57.2 Å². The molecule has 0 unspecified atom stereocenters. The summed E-state index contributed by atoms with van der Waals surface area (Å²) in [6.07, 6.45) is -2.77. The number of methoxy groups -OCH3 is 1. The maximum atomic E-state index is 13.6. The smallest absolute Gasteiger partial charge is 0.416 e. The van der Waals surface area contributed by atoms with Crippen LogP contribution in [0.3, 0.4) is 0 Å². The van der Waals surface area contributed by atoms with Gasteiger partial charge in [-0.15, -0.1) is 0 Å². The van der Waals surface area contributed by atoms with Crippen molar-refractivity contribution < 1.29 is 27.5 Å². The van der Waals surface area contributed by atoms with E-state index in [9.17, 15) is 22.8 Å². The zero-order chi connectivity index (χ0) is 28.7. The minimum Gasteiger partial charge on any atom is -0.497 e. The minimum atomic E-state index is -4.44. The number of ether oxygens (including phenoxy) is 1. The van der Waals surface area contributed by atoms with Crippen molar-refractivity contribution >= 4 is 17.5 Å². The lowest BCUT2D eigenvalue weighted by atomic mass is 9.82. The molecular formula is C29H28F3N5O3. The Morgan fingerprint density at radius 2 is 1.85 bits per heavy atom. The molecule has 2 N–H and O–H groups in total. The molecule has 0 bridgehead atoms. The van der Waals surface area contributed by atoms with Gasteiger partial charge in [0.25, 0.3) is 11.8 Å². The number of nitrogens with one attached hydrogen (secondary N) is 2. The van der Waals surface area contributed by atoms with E-state index in [2.05, 4.69) is 15.4 Å². The molecule has 8 nitrogen and oxygen atoms in total. The highest BCUT2D eigenvalue weighted by Gasteiger charge is 2.41. The Kier molecular flexibility index (Phi) is 6.91. The van der Waals surface area contributed by atoms with Crippen LogP contribution in [0.2, 0.25) is 0 Å². The zero-order valence-corrected chi connectivity index (χ0v) is 22.2. The minimum absolute atomic E-state index is 0.141. The lowest BCUT2D eigenvalue weighted by molar-refractivity contribution is -0.137. The van der Waals surface area contributed by atoms with E-state index in [-0.39, 0.29) is 24.7 Å². The highest BCUT2D eigenvalue weighted by atomic mass is 19.4. The molecule has 2 aromatic heterocycles. The molecule has 0 fully saturated rings. The number of hydrogen-bond acceptors (Lipinski definition) is 4. The molecule has 0 saturated carbocycles. The number of aromatic amines is 1. The lowest BCUT2D eigenvalue weighted by Gasteiger charge is -2.38. The van der Waals surface area contributed by atoms with Gasteiger partial charge in [0.2, 0.25) is 0 Å². The van der Waals surface area contributed by atoms with E-state index < -0.39 is 23.1 Å². The Bertz CT molecular complexity index is 1540. The molecule has 40 heavy (non-hydrogen) atoms. The highest BCUT2D eigenvalue weighted by Crippen LogP contribution is 2.37. The molecule has 4 aromatic rings. The summed E-state index contributed by atoms with van der Waals surface area (Å²) in [7, 11) is 1.53. The number of amides is 2. The van der Waals surface area contributed by atoms with Crippen molar-refractivity contribution in [1.29, 1.82) is 0 Å². The Morgan fingerprint density at radius 1 is 1.10 bits per heavy atom. The number of anilines is 1. The van der Waals surface area contributed by atoms with Gasteiger partial charge in [0.1, 0.15) is 11.4 Å². The van der Waals surface area contributed by atoms with Crippen LogP contribution in [0.5, 0.6) is 5.75 Å². The molecule has 3 heterocycles. The fraction of sp³-hybridized carbons (Fsp3) is 0.276. The van der Waals surface area contributed by atoms with Crippen LogP contribution in [0, 0.1) is 0 Å². The molecule has 0 spiro atoms. The molecule has 0 saturated heterocycles. The van der Waals surface area contributed by atoms with Crippen LogP contribution < -0.4 is 10.1 Å². The molecule has 1 aliphatic rings. The van der Waals surface area contributed by atoms with E-state index in [1.54, 1.807) is 52.2 Å². The standard InChI is InChI=1S/C29H28F3N5O3/c1-28(2)17-36(27(39)23-8-5-13-33-23)16-22-24(26(38)34-20-6-4-7-21(14-20)40-3)35-37(25(22)28)15-18-9-11-19(12-10-18)29(30,31)32/h4-14,33H,15-17H2,1-3H3,(H,34,38). The number of H-pyrrole nitrogens is 1. The van der Waals surface area contributed by atoms with Crippen LogP contribution in [-0.2, 0) is 24.7 Å². The SMILES string of the molecule is COc1cccc(NC(=O)c2nn(Cc3ccc(C(F)(F)F)cc3)c3c2CN(C(=O)c2ccc[nH]2)CC3(C)C)c1. The molecule has 0 atom stereocenters. The lowest BCUT2D eigenvalue weighted by Crippen LogP contribution is -2.46. The first-order valence-corrected chi connectivity index (χ1v) is 12.6. The molecular weight excluding hydrogens is 523 g/mol. The zero-order valence-electron chi connectivity index (χ0n) is 22.2. The average Bonchev–Trinajstić information content (AvgIpc) is 3.57. The monoisotopic (exact) mass is 551 g/mol. The van der Waals surface area contributed by atoms with Crippen molar-refractivity contribution in [3.63, 3.8) is 0 Å². The summed E-state index contributed by atoms with van der Waals surface area (Å²) in [5, 5.41) is 7.51. The molecule has 0 radical (unpaired) electrons. The Balaban J connectivity index is 1.54. The summed E-state index contributed by atoms with van der Waals surface area (Å²) in [5.74, 6) is -0.115. The largest absolute Gasteiger partial charge is 0.497 e. The third-order valence-corrected chi connectivity index (χ3v) is 6.90. The molecule has 1 aliphatic heterocycles. The van der Waals surface area contributed by atoms with Crippen molar-refractivity contribution in [2.24, 2.45) is 0 Å². The summed E-state index contributed by atoms with van der Waals surface area (Å²) in [4.78, 5) is 31.4. The molecule has 5 rings (SSSR count). The summed E-state index contributed by atoms with van der Waals surface area (Å²) in [6, 6.07) is 15.2. The van der Waals surface area contributed by atoms with Gasteiger partial charge in [-0.1, -0.05) is 32.0 Å². The second-order valence-electron chi connectivity index (χ2n) is 10.3. The van der Waals surface area contributed by atoms with Crippen molar-refractivity contribution in [1.82, 2.24) is 19.7 Å². The second kappa shape index (κ2) is 10.2. The normalized spacial score (nSPS) is 14.5. The Morgan fingerprint density at radius 3 is 2.50 bits per heavy atom. The fourth-order valence-corrected chi connectivity index (χ4v) is 5.14. The van der Waals surface area contributed by atoms with Crippen molar-refractivity contribution in [2.75, 3.05) is 19.0 Å². The maximum absolute atomic E-state index is 13.6. The predicted molar refractivity (Wildman–Crippen MR) is 142 cm³/mol. The first kappa shape index (κ1) is 27.0. The number of carbonyl (C=O) groups excluding carboxylic acids is 2. The Labute approximate surface area is 228 Å². The third-order valence-electron chi connectivity index (χ3n) is 6.90. The number of hydrogen-bond donors (Lipinski definition) is 2. The number of carbonyl (C=O) groups is 2. The van der Waals surface area contributed by atoms with Crippen LogP contribution in [0.15, 0.2) is 66.9 Å². The quantitative estimate of drug-likeness (QED) is 0.332. The first-order valence-electron chi connectivity index (χ1n) is 12.6. The molecule has 208 valence electrons. The van der Waals surface area contributed by atoms with Gasteiger partial charge in [-0.05, 0) is 42.0 Å². The summed E-state index contributed by atoms with van der Waals surface area (Å²) >= 11 is 0. The van der Waals surface area contributed by atoms with Gasteiger partial charge >= 0.3 is 6.18 Å². The first-order chi connectivity index (χ1) is 19.0. The van der Waals surface area contributed by atoms with Gasteiger partial charge in [0, 0.05) is 35.5 Å². The van der Waals surface area contributed by atoms with Crippen molar-refractivity contribution in [2.45, 2.75) is 38.5 Å². The van der Waals surface area contributed by atoms with Crippen LogP contribution in [0.4, 0.5) is 18.9 Å². The van der Waals surface area contributed by atoms with Gasteiger partial charge in [0.05, 0.1) is 31.5 Å². The van der Waals surface area contributed by atoms with E-state index >= 15 is 0 Å². The van der Waals surface area contributed by atoms with Gasteiger partial charge < -0.3 is 19.9 Å². The second-order valence-corrected chi connectivity index (χ2v) is 10.3. The Hall–Kier alpha value is -4.54. The van der Waals surface area contributed by atoms with Gasteiger partial charge in [-0.2, -0.15) is 18.3 Å². The summed E-state index contributed by atoms with van der Waals surface area (Å²) in [5.41, 5.74) is 1.64. The van der Waals surface area contributed by atoms with E-state index in [1.807, 2.05) is 13.8 Å². The summed E-state index contributed by atoms with van der Waals surface area (Å²) < 4.78 is 46.2. The van der Waals surface area contributed by atoms with E-state index in [0.717, 1.165) is 17.8 Å². The number of alkyl halides is 3. The van der Waals surface area contributed by atoms with Crippen LogP contribution in [0.25, 0.3) is 0 Å². The van der Waals surface area contributed by atoms with Gasteiger partial charge in [-0.3, -0.25) is 14.3 Å². The molecule has 0 aliphatic carbocycles. The topological polar surface area (TPSA) is 92.2 Å². The number of halogens is 3. The maximum Gasteiger partial charge on any atom is 0.416 e. The van der Waals surface area contributed by atoms with E-state index in [4.69, 9.17) is 4.74 Å². The van der Waals surface area contributed by atoms with Gasteiger partial charge in [0.15, 0.2) is 5.69 Å². The number of rotatable bonds is 6. The van der Waals surface area contributed by atoms with E-state index in [1.165, 1.54) is 19.2 Å². The predicted octanol–water partition coefficient (Wildman–Crippen LogP) is 5.47. The van der Waals surface area contributed by atoms with Gasteiger partial charge in [-0.25, -0.2) is 0 Å². The van der Waals surface area contributed by atoms with Crippen molar-refractivity contribution in [3.8, 4) is 5.75 Å². The molecule has 2 aromatic carbocycles.